The fraction of sp³-hybridized carbons (Fsp3) is 0.0625. The van der Waals surface area contributed by atoms with Crippen molar-refractivity contribution in [3.05, 3.63) is 65.7 Å². The first-order valence-electron chi connectivity index (χ1n) is 6.11. The average Bonchev–Trinajstić information content (AvgIpc) is 2.53. The zero-order chi connectivity index (χ0) is 14.4. The van der Waals surface area contributed by atoms with E-state index in [-0.39, 0.29) is 5.88 Å². The number of hydroxylamine groups is 1. The number of anilines is 1. The van der Waals surface area contributed by atoms with Crippen LogP contribution >= 0.6 is 11.6 Å². The summed E-state index contributed by atoms with van der Waals surface area (Å²) < 4.78 is 0. The molecule has 0 saturated heterocycles. The lowest BCUT2D eigenvalue weighted by Crippen LogP contribution is -2.27. The maximum atomic E-state index is 11.2. The minimum absolute atomic E-state index is 0.258. The smallest absolute Gasteiger partial charge is 0.265 e. The van der Waals surface area contributed by atoms with Crippen LogP contribution in [0.3, 0.4) is 0 Å². The summed E-state index contributed by atoms with van der Waals surface area (Å²) in [4.78, 5) is 11.2. The lowest BCUT2D eigenvalue weighted by Gasteiger charge is -2.13. The van der Waals surface area contributed by atoms with E-state index in [1.807, 2.05) is 54.6 Å². The molecular weight excluding hydrogens is 274 g/mol. The Kier molecular flexibility index (Phi) is 4.93. The molecule has 2 rings (SSSR count). The van der Waals surface area contributed by atoms with Gasteiger partial charge in [0.15, 0.2) is 0 Å². The largest absolute Gasteiger partial charge is 0.281 e. The van der Waals surface area contributed by atoms with Gasteiger partial charge in [0.1, 0.15) is 5.88 Å². The maximum absolute atomic E-state index is 11.2. The van der Waals surface area contributed by atoms with Gasteiger partial charge in [-0.25, -0.2) is 0 Å². The highest BCUT2D eigenvalue weighted by Crippen LogP contribution is 2.16. The molecule has 2 aromatic rings. The zero-order valence-corrected chi connectivity index (χ0v) is 11.5. The Hall–Kier alpha value is -2.10. The van der Waals surface area contributed by atoms with Crippen LogP contribution in [0, 0.1) is 0 Å². The predicted molar refractivity (Wildman–Crippen MR) is 81.8 cm³/mol. The Balaban J connectivity index is 2.09. The van der Waals surface area contributed by atoms with Crippen molar-refractivity contribution in [2.75, 3.05) is 10.9 Å². The summed E-state index contributed by atoms with van der Waals surface area (Å²) in [7, 11) is 0. The lowest BCUT2D eigenvalue weighted by atomic mass is 10.1. The summed E-state index contributed by atoms with van der Waals surface area (Å²) in [6, 6.07) is 16.9. The molecule has 4 heteroatoms. The number of halogens is 1. The van der Waals surface area contributed by atoms with Crippen LogP contribution < -0.4 is 5.06 Å². The first-order valence-corrected chi connectivity index (χ1v) is 6.65. The highest BCUT2D eigenvalue weighted by Gasteiger charge is 2.10. The van der Waals surface area contributed by atoms with E-state index in [0.29, 0.717) is 10.8 Å². The van der Waals surface area contributed by atoms with Crippen molar-refractivity contribution < 1.29 is 10.0 Å². The summed E-state index contributed by atoms with van der Waals surface area (Å²) in [5, 5.41) is 10.1. The van der Waals surface area contributed by atoms with Crippen molar-refractivity contribution in [1.29, 1.82) is 0 Å². The number of hydrogen-bond donors (Lipinski definition) is 1. The maximum Gasteiger partial charge on any atom is 0.265 e. The second-order valence-electron chi connectivity index (χ2n) is 4.17. The third-order valence-corrected chi connectivity index (χ3v) is 2.98. The van der Waals surface area contributed by atoms with Crippen molar-refractivity contribution in [2.45, 2.75) is 0 Å². The first-order chi connectivity index (χ1) is 9.70. The van der Waals surface area contributed by atoms with Crippen LogP contribution in [0.1, 0.15) is 11.1 Å². The molecular formula is C16H14ClNO2. The molecule has 0 atom stereocenters. The fourth-order valence-electron chi connectivity index (χ4n) is 1.68. The molecule has 3 nitrogen and oxygen atoms in total. The van der Waals surface area contributed by atoms with E-state index in [4.69, 9.17) is 11.6 Å². The molecule has 0 radical (unpaired) electrons. The SMILES string of the molecule is O=C(CCl)N(O)c1ccc(C=Cc2ccccc2)cc1. The van der Waals surface area contributed by atoms with Gasteiger partial charge in [-0.05, 0) is 23.3 Å². The van der Waals surface area contributed by atoms with Gasteiger partial charge in [-0.3, -0.25) is 10.0 Å². The number of rotatable bonds is 4. The molecule has 20 heavy (non-hydrogen) atoms. The Morgan fingerprint density at radius 3 is 2.10 bits per heavy atom. The van der Waals surface area contributed by atoms with Crippen LogP contribution in [0.25, 0.3) is 12.2 Å². The molecule has 0 saturated carbocycles. The number of alkyl halides is 1. The summed E-state index contributed by atoms with van der Waals surface area (Å²) >= 11 is 5.38. The number of carbonyl (C=O) groups is 1. The molecule has 2 aromatic carbocycles. The van der Waals surface area contributed by atoms with E-state index in [0.717, 1.165) is 11.1 Å². The van der Waals surface area contributed by atoms with Crippen molar-refractivity contribution in [3.63, 3.8) is 0 Å². The van der Waals surface area contributed by atoms with Crippen LogP contribution in [0.15, 0.2) is 54.6 Å². The molecule has 0 fully saturated rings. The normalized spacial score (nSPS) is 10.7. The molecule has 0 spiro atoms. The zero-order valence-electron chi connectivity index (χ0n) is 10.7. The molecule has 0 aromatic heterocycles. The van der Waals surface area contributed by atoms with Crippen LogP contribution in [0.4, 0.5) is 5.69 Å². The molecule has 0 aliphatic carbocycles. The van der Waals surface area contributed by atoms with E-state index in [9.17, 15) is 10.0 Å². The van der Waals surface area contributed by atoms with Gasteiger partial charge in [-0.2, -0.15) is 5.06 Å². The van der Waals surface area contributed by atoms with E-state index in [1.165, 1.54) is 0 Å². The summed E-state index contributed by atoms with van der Waals surface area (Å²) in [6.45, 7) is 0. The van der Waals surface area contributed by atoms with Crippen LogP contribution in [0.2, 0.25) is 0 Å². The predicted octanol–water partition coefficient (Wildman–Crippen LogP) is 3.82. The summed E-state index contributed by atoms with van der Waals surface area (Å²) in [5.74, 6) is -0.814. The van der Waals surface area contributed by atoms with Gasteiger partial charge in [0, 0.05) is 0 Å². The summed E-state index contributed by atoms with van der Waals surface area (Å²) in [5.41, 5.74) is 2.48. The van der Waals surface area contributed by atoms with Crippen LogP contribution in [0.5, 0.6) is 0 Å². The molecule has 0 heterocycles. The Bertz CT molecular complexity index is 594. The van der Waals surface area contributed by atoms with Gasteiger partial charge in [-0.1, -0.05) is 54.6 Å². The minimum Gasteiger partial charge on any atom is -0.281 e. The quantitative estimate of drug-likeness (QED) is 0.402. The van der Waals surface area contributed by atoms with Crippen LogP contribution in [-0.2, 0) is 4.79 Å². The number of nitrogens with zero attached hydrogens (tertiary/aromatic N) is 1. The van der Waals surface area contributed by atoms with E-state index >= 15 is 0 Å². The van der Waals surface area contributed by atoms with Crippen molar-refractivity contribution in [3.8, 4) is 0 Å². The molecule has 1 amide bonds. The van der Waals surface area contributed by atoms with Gasteiger partial charge >= 0.3 is 0 Å². The number of hydrogen-bond acceptors (Lipinski definition) is 2. The average molecular weight is 288 g/mol. The monoisotopic (exact) mass is 287 g/mol. The molecule has 0 bridgehead atoms. The number of carbonyl (C=O) groups excluding carboxylic acids is 1. The van der Waals surface area contributed by atoms with E-state index in [2.05, 4.69) is 0 Å². The summed E-state index contributed by atoms with van der Waals surface area (Å²) in [6.07, 6.45) is 3.96. The second-order valence-corrected chi connectivity index (χ2v) is 4.44. The Labute approximate surface area is 122 Å². The van der Waals surface area contributed by atoms with E-state index < -0.39 is 5.91 Å². The molecule has 0 unspecified atom stereocenters. The van der Waals surface area contributed by atoms with Gasteiger partial charge in [0.25, 0.3) is 5.91 Å². The second kappa shape index (κ2) is 6.89. The van der Waals surface area contributed by atoms with Crippen molar-refractivity contribution >= 4 is 35.3 Å². The molecule has 1 N–H and O–H groups in total. The molecule has 0 aliphatic rings. The van der Waals surface area contributed by atoms with Gasteiger partial charge in [0.2, 0.25) is 0 Å². The van der Waals surface area contributed by atoms with Crippen LogP contribution in [-0.4, -0.2) is 17.0 Å². The first kappa shape index (κ1) is 14.3. The minimum atomic E-state index is -0.556. The topological polar surface area (TPSA) is 40.5 Å². The molecule has 102 valence electrons. The van der Waals surface area contributed by atoms with Gasteiger partial charge in [-0.15, -0.1) is 11.6 Å². The highest BCUT2D eigenvalue weighted by atomic mass is 35.5. The standard InChI is InChI=1S/C16H14ClNO2/c17-12-16(19)18(20)15-10-8-14(9-11-15)7-6-13-4-2-1-3-5-13/h1-11,20H,12H2. The highest BCUT2D eigenvalue weighted by molar-refractivity contribution is 6.29. The Morgan fingerprint density at radius 2 is 1.55 bits per heavy atom. The van der Waals surface area contributed by atoms with Crippen molar-refractivity contribution in [1.82, 2.24) is 0 Å². The van der Waals surface area contributed by atoms with E-state index in [1.54, 1.807) is 12.1 Å². The third kappa shape index (κ3) is 3.70. The van der Waals surface area contributed by atoms with Gasteiger partial charge in [0.05, 0.1) is 5.69 Å². The fourth-order valence-corrected chi connectivity index (χ4v) is 1.80. The van der Waals surface area contributed by atoms with Crippen molar-refractivity contribution in [2.24, 2.45) is 0 Å². The van der Waals surface area contributed by atoms with Gasteiger partial charge < -0.3 is 0 Å². The number of benzene rings is 2. The third-order valence-electron chi connectivity index (χ3n) is 2.76. The Morgan fingerprint density at radius 1 is 1.00 bits per heavy atom. The molecule has 0 aliphatic heterocycles. The number of amides is 1. The lowest BCUT2D eigenvalue weighted by molar-refractivity contribution is -0.121.